The fourth-order valence-corrected chi connectivity index (χ4v) is 4.51. The Morgan fingerprint density at radius 2 is 1.96 bits per heavy atom. The van der Waals surface area contributed by atoms with E-state index in [1.54, 1.807) is 6.20 Å². The zero-order valence-electron chi connectivity index (χ0n) is 16.1. The van der Waals surface area contributed by atoms with Gasteiger partial charge in [0.25, 0.3) is 5.91 Å². The summed E-state index contributed by atoms with van der Waals surface area (Å²) in [4.78, 5) is 24.4. The summed E-state index contributed by atoms with van der Waals surface area (Å²) in [6.07, 6.45) is 6.46. The van der Waals surface area contributed by atoms with Gasteiger partial charge in [-0.15, -0.1) is 0 Å². The molecule has 2 aliphatic heterocycles. The van der Waals surface area contributed by atoms with E-state index in [2.05, 4.69) is 47.5 Å². The summed E-state index contributed by atoms with van der Waals surface area (Å²) >= 11 is 0. The maximum atomic E-state index is 13.1. The minimum Gasteiger partial charge on any atom is -0.354 e. The van der Waals surface area contributed by atoms with Crippen molar-refractivity contribution in [2.24, 2.45) is 0 Å². The molecule has 0 radical (unpaired) electrons. The highest BCUT2D eigenvalue weighted by Crippen LogP contribution is 2.30. The van der Waals surface area contributed by atoms with Gasteiger partial charge in [-0.25, -0.2) is 4.98 Å². The van der Waals surface area contributed by atoms with Crippen molar-refractivity contribution in [3.05, 3.63) is 23.9 Å². The number of rotatable bonds is 5. The molecule has 5 nitrogen and oxygen atoms in total. The van der Waals surface area contributed by atoms with E-state index in [-0.39, 0.29) is 5.91 Å². The van der Waals surface area contributed by atoms with Crippen molar-refractivity contribution >= 4 is 11.7 Å². The van der Waals surface area contributed by atoms with Crippen LogP contribution in [0.5, 0.6) is 0 Å². The van der Waals surface area contributed by atoms with Gasteiger partial charge in [0, 0.05) is 37.4 Å². The number of nitrogens with zero attached hydrogens (tertiary/aromatic N) is 4. The number of hydrogen-bond acceptors (Lipinski definition) is 4. The summed E-state index contributed by atoms with van der Waals surface area (Å²) in [5.74, 6) is 1.09. The maximum absolute atomic E-state index is 13.1. The van der Waals surface area contributed by atoms with E-state index < -0.39 is 0 Å². The predicted molar refractivity (Wildman–Crippen MR) is 102 cm³/mol. The van der Waals surface area contributed by atoms with Crippen LogP contribution >= 0.6 is 0 Å². The molecule has 0 bridgehead atoms. The Hall–Kier alpha value is -1.62. The van der Waals surface area contributed by atoms with Crippen LogP contribution in [0.3, 0.4) is 0 Å². The van der Waals surface area contributed by atoms with Crippen LogP contribution < -0.4 is 4.90 Å². The van der Waals surface area contributed by atoms with Crippen molar-refractivity contribution in [1.29, 1.82) is 0 Å². The molecule has 0 spiro atoms. The number of carbonyl (C=O) groups excluding carboxylic acids is 1. The number of aromatic nitrogens is 1. The van der Waals surface area contributed by atoms with E-state index in [1.807, 2.05) is 12.1 Å². The molecule has 2 fully saturated rings. The van der Waals surface area contributed by atoms with Gasteiger partial charge < -0.3 is 14.7 Å². The number of carbonyl (C=O) groups is 1. The minimum atomic E-state index is 0.148. The normalized spacial score (nSPS) is 24.3. The lowest BCUT2D eigenvalue weighted by Crippen LogP contribution is -2.47. The van der Waals surface area contributed by atoms with Crippen molar-refractivity contribution in [3.8, 4) is 0 Å². The van der Waals surface area contributed by atoms with E-state index in [0.717, 1.165) is 43.9 Å². The molecule has 0 saturated carbocycles. The summed E-state index contributed by atoms with van der Waals surface area (Å²) in [6.45, 7) is 9.41. The Bertz CT molecular complexity index is 586. The van der Waals surface area contributed by atoms with Gasteiger partial charge in [0.05, 0.1) is 5.56 Å². The largest absolute Gasteiger partial charge is 0.354 e. The highest BCUT2D eigenvalue weighted by Gasteiger charge is 2.38. The van der Waals surface area contributed by atoms with Crippen LogP contribution in [-0.2, 0) is 0 Å². The van der Waals surface area contributed by atoms with E-state index in [1.165, 1.54) is 12.8 Å². The highest BCUT2D eigenvalue weighted by atomic mass is 16.2. The van der Waals surface area contributed by atoms with E-state index in [4.69, 9.17) is 0 Å². The zero-order valence-corrected chi connectivity index (χ0v) is 16.1. The van der Waals surface area contributed by atoms with Crippen LogP contribution in [0.2, 0.25) is 0 Å². The fraction of sp³-hybridized carbons (Fsp3) is 0.700. The summed E-state index contributed by atoms with van der Waals surface area (Å²) in [6, 6.07) is 5.23. The molecule has 138 valence electrons. The first-order valence-corrected chi connectivity index (χ1v) is 9.76. The Morgan fingerprint density at radius 1 is 1.24 bits per heavy atom. The summed E-state index contributed by atoms with van der Waals surface area (Å²) < 4.78 is 0. The molecule has 0 N–H and O–H groups in total. The average Bonchev–Trinajstić information content (AvgIpc) is 3.23. The molecule has 2 saturated heterocycles. The van der Waals surface area contributed by atoms with Crippen molar-refractivity contribution in [3.63, 3.8) is 0 Å². The Balaban J connectivity index is 1.74. The second-order valence-electron chi connectivity index (χ2n) is 7.68. The topological polar surface area (TPSA) is 39.7 Å². The van der Waals surface area contributed by atoms with Gasteiger partial charge in [-0.2, -0.15) is 0 Å². The van der Waals surface area contributed by atoms with Gasteiger partial charge in [-0.3, -0.25) is 4.79 Å². The van der Waals surface area contributed by atoms with Crippen LogP contribution in [0.25, 0.3) is 0 Å². The van der Waals surface area contributed by atoms with Crippen molar-refractivity contribution in [1.82, 2.24) is 14.8 Å². The van der Waals surface area contributed by atoms with Crippen molar-refractivity contribution < 1.29 is 4.79 Å². The van der Waals surface area contributed by atoms with Gasteiger partial charge in [-0.1, -0.05) is 0 Å². The Kier molecular flexibility index (Phi) is 5.62. The second kappa shape index (κ2) is 7.73. The van der Waals surface area contributed by atoms with E-state index in [9.17, 15) is 4.79 Å². The lowest BCUT2D eigenvalue weighted by molar-refractivity contribution is 0.0664. The highest BCUT2D eigenvalue weighted by molar-refractivity contribution is 5.94. The number of likely N-dealkylation sites (tertiary alicyclic amines) is 2. The third-order valence-corrected chi connectivity index (χ3v) is 5.83. The van der Waals surface area contributed by atoms with Gasteiger partial charge >= 0.3 is 0 Å². The molecule has 3 rings (SSSR count). The second-order valence-corrected chi connectivity index (χ2v) is 7.68. The average molecular weight is 345 g/mol. The van der Waals surface area contributed by atoms with Crippen LogP contribution in [0, 0.1) is 0 Å². The number of likely N-dealkylation sites (N-methyl/N-ethyl adjacent to an activating group) is 1. The Labute approximate surface area is 152 Å². The lowest BCUT2D eigenvalue weighted by atomic mass is 10.0. The number of pyridine rings is 1. The fourth-order valence-electron chi connectivity index (χ4n) is 4.51. The first-order valence-electron chi connectivity index (χ1n) is 9.76. The lowest BCUT2D eigenvalue weighted by Gasteiger charge is -2.33. The molecular formula is C20H32N4O. The SMILES string of the molecule is CCN(c1ccc(C(=O)N2CCCC2C2CCCN2C)cn1)C(C)C. The van der Waals surface area contributed by atoms with Crippen LogP contribution in [0.1, 0.15) is 56.8 Å². The standard InChI is InChI=1S/C20H32N4O/c1-5-23(15(2)3)19-11-10-16(14-21-19)20(25)24-13-7-9-18(24)17-8-6-12-22(17)4/h10-11,14-15,17-18H,5-9,12-13H2,1-4H3. The molecule has 25 heavy (non-hydrogen) atoms. The molecule has 2 aliphatic rings. The minimum absolute atomic E-state index is 0.148. The molecule has 0 aliphatic carbocycles. The third-order valence-electron chi connectivity index (χ3n) is 5.83. The molecule has 2 atom stereocenters. The van der Waals surface area contributed by atoms with Gasteiger partial charge in [0.1, 0.15) is 5.82 Å². The number of hydrogen-bond donors (Lipinski definition) is 0. The monoisotopic (exact) mass is 344 g/mol. The molecule has 2 unspecified atom stereocenters. The quantitative estimate of drug-likeness (QED) is 0.823. The van der Waals surface area contributed by atoms with Crippen LogP contribution in [0.15, 0.2) is 18.3 Å². The third kappa shape index (κ3) is 3.66. The molecule has 1 aromatic rings. The van der Waals surface area contributed by atoms with E-state index >= 15 is 0 Å². The first kappa shape index (κ1) is 18.2. The van der Waals surface area contributed by atoms with Crippen molar-refractivity contribution in [2.75, 3.05) is 31.6 Å². The van der Waals surface area contributed by atoms with Crippen molar-refractivity contribution in [2.45, 2.75) is 64.6 Å². The molecule has 1 amide bonds. The van der Waals surface area contributed by atoms with Crippen LogP contribution in [0.4, 0.5) is 5.82 Å². The maximum Gasteiger partial charge on any atom is 0.255 e. The smallest absolute Gasteiger partial charge is 0.255 e. The number of amides is 1. The summed E-state index contributed by atoms with van der Waals surface area (Å²) in [7, 11) is 2.19. The van der Waals surface area contributed by atoms with Gasteiger partial charge in [0.15, 0.2) is 0 Å². The van der Waals surface area contributed by atoms with E-state index in [0.29, 0.717) is 18.1 Å². The number of anilines is 1. The zero-order chi connectivity index (χ0) is 18.0. The first-order chi connectivity index (χ1) is 12.0. The molecular weight excluding hydrogens is 312 g/mol. The van der Waals surface area contributed by atoms with Gasteiger partial charge in [-0.05, 0) is 72.2 Å². The summed E-state index contributed by atoms with van der Waals surface area (Å²) in [5.41, 5.74) is 0.719. The molecule has 1 aromatic heterocycles. The molecule has 5 heteroatoms. The molecule has 0 aromatic carbocycles. The predicted octanol–water partition coefficient (Wildman–Crippen LogP) is 3.02. The summed E-state index contributed by atoms with van der Waals surface area (Å²) in [5, 5.41) is 0. The Morgan fingerprint density at radius 3 is 2.52 bits per heavy atom. The molecule has 3 heterocycles. The van der Waals surface area contributed by atoms with Gasteiger partial charge in [0.2, 0.25) is 0 Å². The van der Waals surface area contributed by atoms with Crippen LogP contribution in [-0.4, -0.2) is 65.5 Å².